The van der Waals surface area contributed by atoms with Gasteiger partial charge in [-0.05, 0) is 43.7 Å². The summed E-state index contributed by atoms with van der Waals surface area (Å²) in [6.07, 6.45) is 19.2. The van der Waals surface area contributed by atoms with Crippen LogP contribution in [0.1, 0.15) is 114 Å². The van der Waals surface area contributed by atoms with Gasteiger partial charge in [-0.3, -0.25) is 0 Å². The molecule has 1 atom stereocenters. The second kappa shape index (κ2) is 20.1. The highest BCUT2D eigenvalue weighted by Crippen LogP contribution is 2.14. The molecule has 0 fully saturated rings. The molecule has 192 valence electrons. The number of rotatable bonds is 21. The quantitative estimate of drug-likeness (QED) is 0.112. The van der Waals surface area contributed by atoms with E-state index in [1.165, 1.54) is 89.5 Å². The Morgan fingerprint density at radius 3 is 1.79 bits per heavy atom. The minimum absolute atomic E-state index is 0.223. The maximum atomic E-state index is 12.2. The van der Waals surface area contributed by atoms with Gasteiger partial charge in [0.2, 0.25) is 6.10 Å². The van der Waals surface area contributed by atoms with Crippen LogP contribution in [0, 0.1) is 0 Å². The average molecular weight is 474 g/mol. The average Bonchev–Trinajstić information content (AvgIpc) is 2.85. The molecule has 0 saturated carbocycles. The predicted octanol–water partition coefficient (Wildman–Crippen LogP) is 7.85. The summed E-state index contributed by atoms with van der Waals surface area (Å²) in [5.41, 5.74) is 1.36. The first-order valence-corrected chi connectivity index (χ1v) is 13.5. The fourth-order valence-electron chi connectivity index (χ4n) is 3.88. The van der Waals surface area contributed by atoms with E-state index in [4.69, 9.17) is 9.47 Å². The molecule has 0 amide bonds. The van der Waals surface area contributed by atoms with E-state index in [0.717, 1.165) is 18.7 Å². The molecule has 1 unspecified atom stereocenters. The zero-order valence-electron chi connectivity index (χ0n) is 21.6. The van der Waals surface area contributed by atoms with Crippen molar-refractivity contribution in [1.29, 1.82) is 0 Å². The Kier molecular flexibility index (Phi) is 17.6. The molecule has 34 heavy (non-hydrogen) atoms. The Hall–Kier alpha value is -2.30. The highest BCUT2D eigenvalue weighted by molar-refractivity contribution is 5.92. The number of nitrogens with one attached hydrogen (secondary N) is 1. The predicted molar refractivity (Wildman–Crippen MR) is 141 cm³/mol. The van der Waals surface area contributed by atoms with Crippen LogP contribution in [-0.4, -0.2) is 31.2 Å². The van der Waals surface area contributed by atoms with Crippen molar-refractivity contribution in [2.24, 2.45) is 0 Å². The van der Waals surface area contributed by atoms with Gasteiger partial charge in [-0.15, -0.1) is 0 Å². The van der Waals surface area contributed by atoms with Crippen molar-refractivity contribution in [3.8, 4) is 0 Å². The number of carbonyl (C=O) groups is 2. The van der Waals surface area contributed by atoms with Gasteiger partial charge in [-0.25, -0.2) is 9.59 Å². The third kappa shape index (κ3) is 14.1. The number of benzene rings is 1. The number of anilines is 1. The van der Waals surface area contributed by atoms with Crippen LogP contribution in [0.25, 0.3) is 0 Å². The Morgan fingerprint density at radius 1 is 0.824 bits per heavy atom. The maximum absolute atomic E-state index is 12.2. The van der Waals surface area contributed by atoms with Crippen molar-refractivity contribution >= 4 is 17.6 Å². The lowest BCUT2D eigenvalue weighted by molar-refractivity contribution is -0.150. The fourth-order valence-corrected chi connectivity index (χ4v) is 3.88. The fraction of sp³-hybridized carbons (Fsp3) is 0.655. The number of hydrogen-bond donors (Lipinski definition) is 1. The summed E-state index contributed by atoms with van der Waals surface area (Å²) in [5, 5.41) is 3.40. The van der Waals surface area contributed by atoms with E-state index in [1.54, 1.807) is 19.1 Å². The van der Waals surface area contributed by atoms with Crippen molar-refractivity contribution in [3.63, 3.8) is 0 Å². The molecule has 0 saturated heterocycles. The SMILES string of the molecule is C=CC(OC(=O)c1ccc(NCCCCCCCCCCCCCCCC)cc1)C(=O)OCC. The normalized spacial score (nSPS) is 11.6. The van der Waals surface area contributed by atoms with E-state index in [2.05, 4.69) is 18.8 Å². The van der Waals surface area contributed by atoms with Crippen LogP contribution in [-0.2, 0) is 14.3 Å². The highest BCUT2D eigenvalue weighted by Gasteiger charge is 2.21. The summed E-state index contributed by atoms with van der Waals surface area (Å²) in [7, 11) is 0. The zero-order valence-corrected chi connectivity index (χ0v) is 21.6. The molecule has 0 aromatic heterocycles. The maximum Gasteiger partial charge on any atom is 0.351 e. The van der Waals surface area contributed by atoms with Gasteiger partial charge in [-0.1, -0.05) is 97.0 Å². The Bertz CT molecular complexity index is 671. The van der Waals surface area contributed by atoms with Crippen molar-refractivity contribution in [2.75, 3.05) is 18.5 Å². The molecular formula is C29H47NO4. The van der Waals surface area contributed by atoms with Crippen LogP contribution in [0.5, 0.6) is 0 Å². The lowest BCUT2D eigenvalue weighted by Gasteiger charge is -2.13. The molecule has 5 heteroatoms. The molecule has 1 N–H and O–H groups in total. The van der Waals surface area contributed by atoms with Crippen molar-refractivity contribution in [1.82, 2.24) is 0 Å². The van der Waals surface area contributed by atoms with Crippen LogP contribution < -0.4 is 5.32 Å². The lowest BCUT2D eigenvalue weighted by Crippen LogP contribution is -2.27. The van der Waals surface area contributed by atoms with E-state index in [9.17, 15) is 9.59 Å². The molecule has 1 rings (SSSR count). The monoisotopic (exact) mass is 473 g/mol. The number of carbonyl (C=O) groups excluding carboxylic acids is 2. The highest BCUT2D eigenvalue weighted by atomic mass is 16.6. The lowest BCUT2D eigenvalue weighted by atomic mass is 10.0. The Morgan fingerprint density at radius 2 is 1.32 bits per heavy atom. The first-order valence-electron chi connectivity index (χ1n) is 13.5. The van der Waals surface area contributed by atoms with Gasteiger partial charge in [0.25, 0.3) is 0 Å². The van der Waals surface area contributed by atoms with Gasteiger partial charge >= 0.3 is 11.9 Å². The van der Waals surface area contributed by atoms with Crippen LogP contribution in [0.15, 0.2) is 36.9 Å². The van der Waals surface area contributed by atoms with Gasteiger partial charge in [0.15, 0.2) is 0 Å². The molecule has 0 spiro atoms. The summed E-state index contributed by atoms with van der Waals surface area (Å²) < 4.78 is 10.1. The van der Waals surface area contributed by atoms with Crippen LogP contribution in [0.4, 0.5) is 5.69 Å². The smallest absolute Gasteiger partial charge is 0.351 e. The first kappa shape index (κ1) is 29.7. The van der Waals surface area contributed by atoms with E-state index < -0.39 is 18.0 Å². The van der Waals surface area contributed by atoms with Gasteiger partial charge in [0.1, 0.15) is 0 Å². The van der Waals surface area contributed by atoms with Crippen LogP contribution in [0.3, 0.4) is 0 Å². The molecule has 0 heterocycles. The molecule has 0 bridgehead atoms. The summed E-state index contributed by atoms with van der Waals surface area (Å²) in [6, 6.07) is 7.10. The minimum Gasteiger partial charge on any atom is -0.463 e. The summed E-state index contributed by atoms with van der Waals surface area (Å²) in [4.78, 5) is 24.0. The van der Waals surface area contributed by atoms with E-state index in [0.29, 0.717) is 5.56 Å². The van der Waals surface area contributed by atoms with Gasteiger partial charge in [-0.2, -0.15) is 0 Å². The standard InChI is InChI=1S/C29H47NO4/c1-4-7-8-9-10-11-12-13-14-15-16-17-18-19-24-30-26-22-20-25(21-23-26)28(31)34-27(5-2)29(32)33-6-3/h5,20-23,27,30H,2,4,6-19,24H2,1,3H3. The molecule has 1 aromatic rings. The van der Waals surface area contributed by atoms with E-state index in [1.807, 2.05) is 12.1 Å². The van der Waals surface area contributed by atoms with Crippen LogP contribution >= 0.6 is 0 Å². The Labute approximate surface area is 207 Å². The number of unbranched alkanes of at least 4 members (excludes halogenated alkanes) is 13. The topological polar surface area (TPSA) is 64.6 Å². The zero-order chi connectivity index (χ0) is 24.9. The van der Waals surface area contributed by atoms with Gasteiger partial charge in [0, 0.05) is 12.2 Å². The first-order chi connectivity index (χ1) is 16.6. The summed E-state index contributed by atoms with van der Waals surface area (Å²) in [5.74, 6) is -1.19. The number of esters is 2. The number of hydrogen-bond acceptors (Lipinski definition) is 5. The molecule has 0 aliphatic rings. The van der Waals surface area contributed by atoms with Crippen molar-refractivity contribution < 1.29 is 19.1 Å². The summed E-state index contributed by atoms with van der Waals surface area (Å²) in [6.45, 7) is 8.64. The molecule has 0 aliphatic carbocycles. The van der Waals surface area contributed by atoms with Crippen LogP contribution in [0.2, 0.25) is 0 Å². The Balaban J connectivity index is 2.07. The molecular weight excluding hydrogens is 426 g/mol. The second-order valence-corrected chi connectivity index (χ2v) is 8.91. The van der Waals surface area contributed by atoms with Gasteiger partial charge in [0.05, 0.1) is 12.2 Å². The molecule has 1 aromatic carbocycles. The molecule has 0 aliphatic heterocycles. The van der Waals surface area contributed by atoms with Crippen molar-refractivity contribution in [3.05, 3.63) is 42.5 Å². The largest absolute Gasteiger partial charge is 0.463 e. The minimum atomic E-state index is -1.09. The second-order valence-electron chi connectivity index (χ2n) is 8.91. The number of ether oxygens (including phenoxy) is 2. The molecule has 5 nitrogen and oxygen atoms in total. The third-order valence-corrected chi connectivity index (χ3v) is 5.95. The van der Waals surface area contributed by atoms with Crippen molar-refractivity contribution in [2.45, 2.75) is 110 Å². The third-order valence-electron chi connectivity index (χ3n) is 5.95. The molecule has 0 radical (unpaired) electrons. The van der Waals surface area contributed by atoms with Gasteiger partial charge < -0.3 is 14.8 Å². The summed E-state index contributed by atoms with van der Waals surface area (Å²) >= 11 is 0. The van der Waals surface area contributed by atoms with E-state index >= 15 is 0 Å². The van der Waals surface area contributed by atoms with E-state index in [-0.39, 0.29) is 6.61 Å².